The van der Waals surface area contributed by atoms with Crippen LogP contribution in [0.1, 0.15) is 21.5 Å². The summed E-state index contributed by atoms with van der Waals surface area (Å²) in [7, 11) is 1.33. The lowest BCUT2D eigenvalue weighted by Gasteiger charge is -2.10. The van der Waals surface area contributed by atoms with Crippen molar-refractivity contribution in [3.05, 3.63) is 59.2 Å². The van der Waals surface area contributed by atoms with E-state index in [0.717, 1.165) is 16.9 Å². The first-order valence-electron chi connectivity index (χ1n) is 6.34. The maximum atomic E-state index is 11.7. The number of esters is 1. The molecule has 0 radical (unpaired) electrons. The lowest BCUT2D eigenvalue weighted by atomic mass is 10.1. The zero-order valence-corrected chi connectivity index (χ0v) is 12.4. The lowest BCUT2D eigenvalue weighted by molar-refractivity contribution is 0.0600. The molecule has 4 nitrogen and oxygen atoms in total. The van der Waals surface area contributed by atoms with Gasteiger partial charge in [-0.15, -0.1) is 11.8 Å². The molecular weight excluding hydrogens is 284 g/mol. The molecule has 2 aromatic rings. The summed E-state index contributed by atoms with van der Waals surface area (Å²) in [4.78, 5) is 12.4. The molecule has 0 atom stereocenters. The van der Waals surface area contributed by atoms with Crippen molar-refractivity contribution in [3.63, 3.8) is 0 Å². The van der Waals surface area contributed by atoms with E-state index in [9.17, 15) is 4.79 Å². The van der Waals surface area contributed by atoms with Gasteiger partial charge in [0.15, 0.2) is 0 Å². The van der Waals surface area contributed by atoms with E-state index in [0.29, 0.717) is 16.8 Å². The molecule has 2 rings (SSSR count). The number of carbonyl (C=O) groups is 1. The lowest BCUT2D eigenvalue weighted by Crippen LogP contribution is -2.05. The SMILES string of the molecule is COC(=O)c1cc(C=N)c(N)c(SCc2ccccc2)c1. The molecule has 5 heteroatoms. The van der Waals surface area contributed by atoms with E-state index >= 15 is 0 Å². The van der Waals surface area contributed by atoms with Crippen LogP contribution in [0, 0.1) is 5.41 Å². The number of ether oxygens (including phenoxy) is 1. The van der Waals surface area contributed by atoms with Crippen LogP contribution in [0.25, 0.3) is 0 Å². The van der Waals surface area contributed by atoms with Crippen molar-refractivity contribution in [1.29, 1.82) is 5.41 Å². The van der Waals surface area contributed by atoms with Crippen molar-refractivity contribution < 1.29 is 9.53 Å². The van der Waals surface area contributed by atoms with E-state index in [1.54, 1.807) is 12.1 Å². The molecule has 0 bridgehead atoms. The number of thioether (sulfide) groups is 1. The molecule has 0 fully saturated rings. The fourth-order valence-corrected chi connectivity index (χ4v) is 2.86. The number of nitrogens with two attached hydrogens (primary N) is 1. The van der Waals surface area contributed by atoms with Crippen LogP contribution in [-0.4, -0.2) is 19.3 Å². The molecule has 0 aliphatic carbocycles. The van der Waals surface area contributed by atoms with Gasteiger partial charge < -0.3 is 15.9 Å². The van der Waals surface area contributed by atoms with Gasteiger partial charge in [-0.3, -0.25) is 0 Å². The van der Waals surface area contributed by atoms with Crippen molar-refractivity contribution in [3.8, 4) is 0 Å². The van der Waals surface area contributed by atoms with E-state index in [1.165, 1.54) is 24.4 Å². The van der Waals surface area contributed by atoms with E-state index in [2.05, 4.69) is 0 Å². The van der Waals surface area contributed by atoms with E-state index < -0.39 is 5.97 Å². The summed E-state index contributed by atoms with van der Waals surface area (Å²) >= 11 is 1.54. The Morgan fingerprint density at radius 1 is 1.33 bits per heavy atom. The molecular formula is C16H16N2O2S. The molecule has 0 aromatic heterocycles. The third kappa shape index (κ3) is 3.64. The number of hydrogen-bond acceptors (Lipinski definition) is 5. The molecule has 0 saturated heterocycles. The molecule has 3 N–H and O–H groups in total. The minimum absolute atomic E-state index is 0.403. The van der Waals surface area contributed by atoms with Crippen molar-refractivity contribution in [2.45, 2.75) is 10.6 Å². The van der Waals surface area contributed by atoms with Crippen LogP contribution in [0.4, 0.5) is 5.69 Å². The molecule has 0 saturated carbocycles. The molecule has 0 spiro atoms. The minimum atomic E-state index is -0.431. The molecule has 0 amide bonds. The van der Waals surface area contributed by atoms with Crippen LogP contribution in [-0.2, 0) is 10.5 Å². The van der Waals surface area contributed by atoms with E-state index in [1.807, 2.05) is 30.3 Å². The van der Waals surface area contributed by atoms with E-state index in [4.69, 9.17) is 15.9 Å². The number of rotatable bonds is 5. The van der Waals surface area contributed by atoms with Crippen molar-refractivity contribution in [2.75, 3.05) is 12.8 Å². The Morgan fingerprint density at radius 2 is 2.05 bits per heavy atom. The number of benzene rings is 2. The average molecular weight is 300 g/mol. The smallest absolute Gasteiger partial charge is 0.337 e. The zero-order chi connectivity index (χ0) is 15.2. The Kier molecular flexibility index (Phi) is 5.00. The van der Waals surface area contributed by atoms with Gasteiger partial charge in [0, 0.05) is 22.4 Å². The second-order valence-electron chi connectivity index (χ2n) is 4.39. The molecule has 0 aliphatic heterocycles. The van der Waals surface area contributed by atoms with Crippen LogP contribution < -0.4 is 5.73 Å². The number of nitrogens with one attached hydrogen (secondary N) is 1. The van der Waals surface area contributed by atoms with Gasteiger partial charge in [0.2, 0.25) is 0 Å². The fourth-order valence-electron chi connectivity index (χ4n) is 1.86. The zero-order valence-electron chi connectivity index (χ0n) is 11.6. The molecule has 21 heavy (non-hydrogen) atoms. The highest BCUT2D eigenvalue weighted by molar-refractivity contribution is 7.98. The van der Waals surface area contributed by atoms with Gasteiger partial charge >= 0.3 is 5.97 Å². The van der Waals surface area contributed by atoms with Gasteiger partial charge in [-0.25, -0.2) is 4.79 Å². The van der Waals surface area contributed by atoms with Crippen LogP contribution in [0.5, 0.6) is 0 Å². The number of carbonyl (C=O) groups excluding carboxylic acids is 1. The highest BCUT2D eigenvalue weighted by atomic mass is 32.2. The Morgan fingerprint density at radius 3 is 2.67 bits per heavy atom. The number of nitrogen functional groups attached to an aromatic ring is 1. The standard InChI is InChI=1S/C16H16N2O2S/c1-20-16(19)12-7-13(9-17)15(18)14(8-12)21-10-11-5-3-2-4-6-11/h2-9,17H,10,18H2,1H3. The van der Waals surface area contributed by atoms with Crippen LogP contribution >= 0.6 is 11.8 Å². The largest absolute Gasteiger partial charge is 0.465 e. The van der Waals surface area contributed by atoms with Crippen molar-refractivity contribution >= 4 is 29.6 Å². The highest BCUT2D eigenvalue weighted by Crippen LogP contribution is 2.31. The van der Waals surface area contributed by atoms with Gasteiger partial charge in [-0.2, -0.15) is 0 Å². The monoisotopic (exact) mass is 300 g/mol. The summed E-state index contributed by atoms with van der Waals surface area (Å²) in [5.74, 6) is 0.312. The molecule has 108 valence electrons. The average Bonchev–Trinajstić information content (AvgIpc) is 2.54. The maximum Gasteiger partial charge on any atom is 0.337 e. The first kappa shape index (κ1) is 15.1. The third-order valence-electron chi connectivity index (χ3n) is 2.99. The van der Waals surface area contributed by atoms with Gasteiger partial charge in [0.25, 0.3) is 0 Å². The number of anilines is 1. The summed E-state index contributed by atoms with van der Waals surface area (Å²) in [6.07, 6.45) is 1.15. The van der Waals surface area contributed by atoms with Crippen molar-refractivity contribution in [2.24, 2.45) is 0 Å². The molecule has 0 unspecified atom stereocenters. The first-order chi connectivity index (χ1) is 10.2. The predicted molar refractivity (Wildman–Crippen MR) is 86.1 cm³/mol. The van der Waals surface area contributed by atoms with Crippen LogP contribution in [0.2, 0.25) is 0 Å². The summed E-state index contributed by atoms with van der Waals surface area (Å²) < 4.78 is 4.73. The fraction of sp³-hybridized carbons (Fsp3) is 0.125. The van der Waals surface area contributed by atoms with Gasteiger partial charge in [-0.05, 0) is 17.7 Å². The Bertz CT molecular complexity index is 657. The third-order valence-corrected chi connectivity index (χ3v) is 4.11. The maximum absolute atomic E-state index is 11.7. The van der Waals surface area contributed by atoms with Crippen LogP contribution in [0.15, 0.2) is 47.4 Å². The molecule has 0 heterocycles. The van der Waals surface area contributed by atoms with Crippen molar-refractivity contribution in [1.82, 2.24) is 0 Å². The molecule has 2 aromatic carbocycles. The Labute approximate surface area is 127 Å². The summed E-state index contributed by atoms with van der Waals surface area (Å²) in [6, 6.07) is 13.3. The van der Waals surface area contributed by atoms with Crippen LogP contribution in [0.3, 0.4) is 0 Å². The normalized spacial score (nSPS) is 10.1. The highest BCUT2D eigenvalue weighted by Gasteiger charge is 2.13. The Hall–Kier alpha value is -2.27. The summed E-state index contributed by atoms with van der Waals surface area (Å²) in [5.41, 5.74) is 8.65. The predicted octanol–water partition coefficient (Wildman–Crippen LogP) is 3.35. The quantitative estimate of drug-likeness (QED) is 0.384. The minimum Gasteiger partial charge on any atom is -0.465 e. The van der Waals surface area contributed by atoms with Gasteiger partial charge in [0.1, 0.15) is 0 Å². The number of methoxy groups -OCH3 is 1. The summed E-state index contributed by atoms with van der Waals surface area (Å²) in [6.45, 7) is 0. The van der Waals surface area contributed by atoms with Gasteiger partial charge in [0.05, 0.1) is 18.4 Å². The van der Waals surface area contributed by atoms with E-state index in [-0.39, 0.29) is 0 Å². The van der Waals surface area contributed by atoms with Gasteiger partial charge in [-0.1, -0.05) is 30.3 Å². The Balaban J connectivity index is 2.29. The molecule has 0 aliphatic rings. The topological polar surface area (TPSA) is 76.2 Å². The summed E-state index contributed by atoms with van der Waals surface area (Å²) in [5, 5.41) is 7.41. The first-order valence-corrected chi connectivity index (χ1v) is 7.33. The second-order valence-corrected chi connectivity index (χ2v) is 5.40. The second kappa shape index (κ2) is 6.95. The number of hydrogen-bond donors (Lipinski definition) is 2.